The van der Waals surface area contributed by atoms with Crippen LogP contribution in [0.1, 0.15) is 58.8 Å². The molecule has 2 N–H and O–H groups in total. The van der Waals surface area contributed by atoms with E-state index in [1.54, 1.807) is 0 Å². The highest BCUT2D eigenvalue weighted by Gasteiger charge is 1.88. The summed E-state index contributed by atoms with van der Waals surface area (Å²) >= 11 is 0. The number of hydrogen-bond acceptors (Lipinski definition) is 1. The van der Waals surface area contributed by atoms with Gasteiger partial charge < -0.3 is 5.73 Å². The Morgan fingerprint density at radius 1 is 1.08 bits per heavy atom. The molecule has 0 aliphatic heterocycles. The third-order valence-electron chi connectivity index (χ3n) is 2.15. The second kappa shape index (κ2) is 9.79. The molecule has 1 atom stereocenters. The van der Waals surface area contributed by atoms with Gasteiger partial charge in [0.1, 0.15) is 0 Å². The summed E-state index contributed by atoms with van der Waals surface area (Å²) in [6.07, 6.45) is 13.6. The molecule has 1 unspecified atom stereocenters. The molecule has 0 fully saturated rings. The molecule has 1 heteroatoms. The van der Waals surface area contributed by atoms with Crippen molar-refractivity contribution < 1.29 is 0 Å². The summed E-state index contributed by atoms with van der Waals surface area (Å²) in [6, 6.07) is 0.316. The Kier molecular flexibility index (Phi) is 9.56. The third-order valence-corrected chi connectivity index (χ3v) is 2.15. The van der Waals surface area contributed by atoms with Crippen molar-refractivity contribution in [2.75, 3.05) is 0 Å². The van der Waals surface area contributed by atoms with Gasteiger partial charge in [-0.2, -0.15) is 0 Å². The predicted molar refractivity (Wildman–Crippen MR) is 60.8 cm³/mol. The van der Waals surface area contributed by atoms with Crippen LogP contribution in [0.4, 0.5) is 0 Å². The molecule has 0 aromatic carbocycles. The fraction of sp³-hybridized carbons (Fsp3) is 0.833. The summed E-state index contributed by atoms with van der Waals surface area (Å²) in [5.74, 6) is 0. The van der Waals surface area contributed by atoms with E-state index in [0.717, 1.165) is 6.42 Å². The SMILES string of the molecule is CCCCCCC/C=C/CC(C)N. The molecule has 1 nitrogen and oxygen atoms in total. The van der Waals surface area contributed by atoms with Crippen LogP contribution < -0.4 is 5.73 Å². The van der Waals surface area contributed by atoms with E-state index in [1.165, 1.54) is 38.5 Å². The van der Waals surface area contributed by atoms with Crippen LogP contribution in [0, 0.1) is 0 Å². The number of rotatable bonds is 8. The molecule has 78 valence electrons. The van der Waals surface area contributed by atoms with Crippen molar-refractivity contribution >= 4 is 0 Å². The van der Waals surface area contributed by atoms with Crippen LogP contribution in [0.5, 0.6) is 0 Å². The van der Waals surface area contributed by atoms with Crippen molar-refractivity contribution in [3.05, 3.63) is 12.2 Å². The summed E-state index contributed by atoms with van der Waals surface area (Å²) in [5.41, 5.74) is 5.62. The average Bonchev–Trinajstić information content (AvgIpc) is 2.09. The van der Waals surface area contributed by atoms with E-state index in [0.29, 0.717) is 6.04 Å². The second-order valence-corrected chi connectivity index (χ2v) is 3.89. The maximum Gasteiger partial charge on any atom is 0.00449 e. The van der Waals surface area contributed by atoms with Crippen LogP contribution in [0.2, 0.25) is 0 Å². The number of nitrogens with two attached hydrogens (primary N) is 1. The first-order valence-electron chi connectivity index (χ1n) is 5.68. The summed E-state index contributed by atoms with van der Waals surface area (Å²) in [6.45, 7) is 4.30. The van der Waals surface area contributed by atoms with Crippen molar-refractivity contribution in [3.8, 4) is 0 Å². The quantitative estimate of drug-likeness (QED) is 0.451. The molecule has 0 bridgehead atoms. The Bertz CT molecular complexity index is 116. The lowest BCUT2D eigenvalue weighted by atomic mass is 10.1. The zero-order valence-electron chi connectivity index (χ0n) is 9.26. The number of allylic oxidation sites excluding steroid dienone is 1. The molecule has 0 radical (unpaired) electrons. The Morgan fingerprint density at radius 2 is 1.77 bits per heavy atom. The van der Waals surface area contributed by atoms with E-state index in [-0.39, 0.29) is 0 Å². The maximum atomic E-state index is 5.62. The van der Waals surface area contributed by atoms with Gasteiger partial charge in [0.2, 0.25) is 0 Å². The molecule has 0 rings (SSSR count). The minimum Gasteiger partial charge on any atom is -0.328 e. The lowest BCUT2D eigenvalue weighted by Gasteiger charge is -1.98. The third kappa shape index (κ3) is 11.7. The van der Waals surface area contributed by atoms with Crippen molar-refractivity contribution in [3.63, 3.8) is 0 Å². The second-order valence-electron chi connectivity index (χ2n) is 3.89. The normalized spacial score (nSPS) is 13.8. The first-order chi connectivity index (χ1) is 6.27. The molecular formula is C12H25N. The van der Waals surface area contributed by atoms with Gasteiger partial charge in [0.05, 0.1) is 0 Å². The molecule has 0 saturated carbocycles. The Hall–Kier alpha value is -0.300. The molecular weight excluding hydrogens is 158 g/mol. The molecule has 0 amide bonds. The van der Waals surface area contributed by atoms with Gasteiger partial charge in [-0.25, -0.2) is 0 Å². The van der Waals surface area contributed by atoms with Gasteiger partial charge >= 0.3 is 0 Å². The molecule has 0 saturated heterocycles. The van der Waals surface area contributed by atoms with Gasteiger partial charge in [0, 0.05) is 6.04 Å². The van der Waals surface area contributed by atoms with Crippen LogP contribution in [-0.4, -0.2) is 6.04 Å². The molecule has 0 aromatic heterocycles. The van der Waals surface area contributed by atoms with Gasteiger partial charge in [0.25, 0.3) is 0 Å². The molecule has 0 aromatic rings. The Morgan fingerprint density at radius 3 is 2.38 bits per heavy atom. The highest BCUT2D eigenvalue weighted by Crippen LogP contribution is 2.05. The highest BCUT2D eigenvalue weighted by molar-refractivity contribution is 4.83. The fourth-order valence-corrected chi connectivity index (χ4v) is 1.29. The van der Waals surface area contributed by atoms with Crippen LogP contribution in [-0.2, 0) is 0 Å². The minimum atomic E-state index is 0.316. The van der Waals surface area contributed by atoms with Gasteiger partial charge in [-0.3, -0.25) is 0 Å². The van der Waals surface area contributed by atoms with Crippen LogP contribution in [0.15, 0.2) is 12.2 Å². The summed E-state index contributed by atoms with van der Waals surface area (Å²) in [4.78, 5) is 0. The van der Waals surface area contributed by atoms with Gasteiger partial charge in [-0.1, -0.05) is 44.8 Å². The van der Waals surface area contributed by atoms with E-state index in [2.05, 4.69) is 19.1 Å². The lowest BCUT2D eigenvalue weighted by molar-refractivity contribution is 0.636. The zero-order chi connectivity index (χ0) is 9.94. The predicted octanol–water partition coefficient (Wildman–Crippen LogP) is 3.64. The van der Waals surface area contributed by atoms with Gasteiger partial charge in [-0.05, 0) is 26.2 Å². The maximum absolute atomic E-state index is 5.62. The number of unbranched alkanes of at least 4 members (excludes halogenated alkanes) is 5. The summed E-state index contributed by atoms with van der Waals surface area (Å²) in [7, 11) is 0. The highest BCUT2D eigenvalue weighted by atomic mass is 14.6. The Labute approximate surface area is 83.4 Å². The van der Waals surface area contributed by atoms with Crippen molar-refractivity contribution in [1.29, 1.82) is 0 Å². The average molecular weight is 183 g/mol. The first-order valence-corrected chi connectivity index (χ1v) is 5.68. The van der Waals surface area contributed by atoms with E-state index >= 15 is 0 Å². The largest absolute Gasteiger partial charge is 0.328 e. The molecule has 13 heavy (non-hydrogen) atoms. The van der Waals surface area contributed by atoms with Crippen LogP contribution in [0.25, 0.3) is 0 Å². The first kappa shape index (κ1) is 12.7. The Balaban J connectivity index is 3.02. The van der Waals surface area contributed by atoms with Crippen molar-refractivity contribution in [1.82, 2.24) is 0 Å². The van der Waals surface area contributed by atoms with Crippen LogP contribution in [0.3, 0.4) is 0 Å². The van der Waals surface area contributed by atoms with E-state index in [1.807, 2.05) is 6.92 Å². The fourth-order valence-electron chi connectivity index (χ4n) is 1.29. The zero-order valence-corrected chi connectivity index (χ0v) is 9.26. The number of hydrogen-bond donors (Lipinski definition) is 1. The standard InChI is InChI=1S/C12H25N/c1-3-4-5-6-7-8-9-10-11-12(2)13/h9-10,12H,3-8,11,13H2,1-2H3/b10-9+. The monoisotopic (exact) mass is 183 g/mol. The molecule has 0 aliphatic rings. The van der Waals surface area contributed by atoms with Gasteiger partial charge in [-0.15, -0.1) is 0 Å². The van der Waals surface area contributed by atoms with E-state index in [9.17, 15) is 0 Å². The topological polar surface area (TPSA) is 26.0 Å². The minimum absolute atomic E-state index is 0.316. The smallest absolute Gasteiger partial charge is 0.00449 e. The summed E-state index contributed by atoms with van der Waals surface area (Å²) < 4.78 is 0. The van der Waals surface area contributed by atoms with Crippen LogP contribution >= 0.6 is 0 Å². The molecule has 0 spiro atoms. The van der Waals surface area contributed by atoms with Crippen molar-refractivity contribution in [2.45, 2.75) is 64.8 Å². The summed E-state index contributed by atoms with van der Waals surface area (Å²) in [5, 5.41) is 0. The van der Waals surface area contributed by atoms with Gasteiger partial charge in [0.15, 0.2) is 0 Å². The molecule has 0 heterocycles. The molecule has 0 aliphatic carbocycles. The van der Waals surface area contributed by atoms with E-state index in [4.69, 9.17) is 5.73 Å². The van der Waals surface area contributed by atoms with E-state index < -0.39 is 0 Å². The lowest BCUT2D eigenvalue weighted by Crippen LogP contribution is -2.12. The van der Waals surface area contributed by atoms with Crippen molar-refractivity contribution in [2.24, 2.45) is 5.73 Å².